The number of alkyl carbamates (subject to hydrolysis) is 1. The molecule has 0 aromatic heterocycles. The average molecular weight is 424 g/mol. The summed E-state index contributed by atoms with van der Waals surface area (Å²) in [7, 11) is 0. The molecule has 1 aliphatic heterocycles. The van der Waals surface area contributed by atoms with Crippen LogP contribution in [-0.2, 0) is 14.9 Å². The second-order valence-electron chi connectivity index (χ2n) is 9.12. The Morgan fingerprint density at radius 1 is 1.03 bits per heavy atom. The number of primary amides is 1. The van der Waals surface area contributed by atoms with E-state index in [1.165, 1.54) is 0 Å². The van der Waals surface area contributed by atoms with Gasteiger partial charge in [-0.2, -0.15) is 0 Å². The third-order valence-electron chi connectivity index (χ3n) is 5.83. The number of ether oxygens (including phenoxy) is 1. The van der Waals surface area contributed by atoms with E-state index in [1.807, 2.05) is 81.4 Å². The SMILES string of the molecule is CC(C)(C)OC(=O)NCCN1CC[C@@H](C(C(N)=O)(c2ccccc2)c2ccccc2)C1. The Labute approximate surface area is 184 Å². The molecule has 0 spiro atoms. The molecule has 3 rings (SSSR count). The van der Waals surface area contributed by atoms with Gasteiger partial charge in [-0.05, 0) is 50.8 Å². The van der Waals surface area contributed by atoms with Crippen molar-refractivity contribution in [3.05, 3.63) is 71.8 Å². The first-order valence-corrected chi connectivity index (χ1v) is 10.8. The van der Waals surface area contributed by atoms with Gasteiger partial charge in [-0.15, -0.1) is 0 Å². The van der Waals surface area contributed by atoms with Crippen molar-refractivity contribution in [2.24, 2.45) is 11.7 Å². The fraction of sp³-hybridized carbons (Fsp3) is 0.440. The number of nitrogens with two attached hydrogens (primary N) is 1. The monoisotopic (exact) mass is 423 g/mol. The molecule has 2 aromatic rings. The maximum Gasteiger partial charge on any atom is 0.407 e. The number of hydrogen-bond donors (Lipinski definition) is 2. The third-order valence-corrected chi connectivity index (χ3v) is 5.83. The van der Waals surface area contributed by atoms with Crippen LogP contribution in [0.2, 0.25) is 0 Å². The van der Waals surface area contributed by atoms with Crippen LogP contribution in [-0.4, -0.2) is 48.7 Å². The van der Waals surface area contributed by atoms with E-state index in [0.717, 1.165) is 30.6 Å². The van der Waals surface area contributed by atoms with Gasteiger partial charge in [-0.1, -0.05) is 60.7 Å². The Balaban J connectivity index is 1.76. The molecule has 0 radical (unpaired) electrons. The van der Waals surface area contributed by atoms with Gasteiger partial charge in [0.2, 0.25) is 5.91 Å². The Hall–Kier alpha value is -2.86. The zero-order valence-corrected chi connectivity index (χ0v) is 18.6. The number of rotatable bonds is 7. The Kier molecular flexibility index (Phi) is 7.01. The molecule has 1 fully saturated rings. The van der Waals surface area contributed by atoms with Crippen LogP contribution >= 0.6 is 0 Å². The Morgan fingerprint density at radius 2 is 1.58 bits per heavy atom. The summed E-state index contributed by atoms with van der Waals surface area (Å²) in [6, 6.07) is 19.7. The minimum absolute atomic E-state index is 0.0383. The van der Waals surface area contributed by atoms with Crippen molar-refractivity contribution in [1.29, 1.82) is 0 Å². The summed E-state index contributed by atoms with van der Waals surface area (Å²) < 4.78 is 5.30. The molecule has 1 saturated heterocycles. The first kappa shape index (κ1) is 22.8. The minimum atomic E-state index is -0.893. The highest BCUT2D eigenvalue weighted by atomic mass is 16.6. The number of carbonyl (C=O) groups is 2. The highest BCUT2D eigenvalue weighted by Crippen LogP contribution is 2.43. The van der Waals surface area contributed by atoms with Crippen LogP contribution in [0.25, 0.3) is 0 Å². The predicted octanol–water partition coefficient (Wildman–Crippen LogP) is 3.30. The largest absolute Gasteiger partial charge is 0.444 e. The second-order valence-corrected chi connectivity index (χ2v) is 9.12. The molecule has 1 heterocycles. The van der Waals surface area contributed by atoms with Crippen LogP contribution in [0, 0.1) is 5.92 Å². The van der Waals surface area contributed by atoms with Crippen LogP contribution < -0.4 is 11.1 Å². The highest BCUT2D eigenvalue weighted by Gasteiger charge is 2.49. The van der Waals surface area contributed by atoms with Gasteiger partial charge in [0.15, 0.2) is 0 Å². The molecule has 2 amide bonds. The lowest BCUT2D eigenvalue weighted by Gasteiger charge is -2.37. The van der Waals surface area contributed by atoms with E-state index in [2.05, 4.69) is 10.2 Å². The van der Waals surface area contributed by atoms with Crippen LogP contribution in [0.3, 0.4) is 0 Å². The minimum Gasteiger partial charge on any atom is -0.444 e. The van der Waals surface area contributed by atoms with E-state index >= 15 is 0 Å². The Morgan fingerprint density at radius 3 is 2.06 bits per heavy atom. The summed E-state index contributed by atoms with van der Waals surface area (Å²) in [6.45, 7) is 8.27. The molecule has 31 heavy (non-hydrogen) atoms. The predicted molar refractivity (Wildman–Crippen MR) is 122 cm³/mol. The van der Waals surface area contributed by atoms with Gasteiger partial charge >= 0.3 is 6.09 Å². The second kappa shape index (κ2) is 9.52. The van der Waals surface area contributed by atoms with Crippen LogP contribution in [0.15, 0.2) is 60.7 Å². The molecule has 0 saturated carbocycles. The van der Waals surface area contributed by atoms with Crippen LogP contribution in [0.1, 0.15) is 38.3 Å². The number of hydrogen-bond acceptors (Lipinski definition) is 4. The van der Waals surface area contributed by atoms with Gasteiger partial charge in [0.05, 0.1) is 0 Å². The number of amides is 2. The maximum atomic E-state index is 13.1. The van der Waals surface area contributed by atoms with Crippen molar-refractivity contribution >= 4 is 12.0 Å². The average Bonchev–Trinajstić information content (AvgIpc) is 3.17. The zero-order chi connectivity index (χ0) is 22.5. The van der Waals surface area contributed by atoms with E-state index in [4.69, 9.17) is 10.5 Å². The van der Waals surface area contributed by atoms with E-state index in [9.17, 15) is 9.59 Å². The topological polar surface area (TPSA) is 84.7 Å². The van der Waals surface area contributed by atoms with Crippen molar-refractivity contribution in [3.63, 3.8) is 0 Å². The van der Waals surface area contributed by atoms with Crippen molar-refractivity contribution in [3.8, 4) is 0 Å². The first-order chi connectivity index (χ1) is 14.7. The lowest BCUT2D eigenvalue weighted by Crippen LogP contribution is -2.49. The molecule has 0 unspecified atom stereocenters. The number of likely N-dealkylation sites (tertiary alicyclic amines) is 1. The number of nitrogens with zero attached hydrogens (tertiary/aromatic N) is 1. The summed E-state index contributed by atoms with van der Waals surface area (Å²) >= 11 is 0. The quantitative estimate of drug-likeness (QED) is 0.716. The first-order valence-electron chi connectivity index (χ1n) is 10.8. The molecule has 1 aliphatic rings. The Bertz CT molecular complexity index is 838. The molecule has 0 aliphatic carbocycles. The van der Waals surface area contributed by atoms with Crippen molar-refractivity contribution in [1.82, 2.24) is 10.2 Å². The standard InChI is InChI=1S/C25H33N3O3/c1-24(2,3)31-23(30)27-15-17-28-16-14-21(18-28)25(22(26)29,19-10-6-4-7-11-19)20-12-8-5-9-13-20/h4-13,21H,14-18H2,1-3H3,(H2,26,29)(H,27,30)/t21-/m1/s1. The third kappa shape index (κ3) is 5.25. The molecule has 1 atom stereocenters. The number of nitrogens with one attached hydrogen (secondary N) is 1. The maximum absolute atomic E-state index is 13.1. The van der Waals surface area contributed by atoms with Crippen molar-refractivity contribution < 1.29 is 14.3 Å². The van der Waals surface area contributed by atoms with Crippen molar-refractivity contribution in [2.75, 3.05) is 26.2 Å². The molecule has 6 nitrogen and oxygen atoms in total. The van der Waals surface area contributed by atoms with Gasteiger partial charge in [-0.25, -0.2) is 4.79 Å². The van der Waals surface area contributed by atoms with E-state index < -0.39 is 17.1 Å². The number of carbonyl (C=O) groups excluding carboxylic acids is 2. The molecule has 0 bridgehead atoms. The van der Waals surface area contributed by atoms with Crippen LogP contribution in [0.4, 0.5) is 4.79 Å². The van der Waals surface area contributed by atoms with E-state index in [1.54, 1.807) is 0 Å². The van der Waals surface area contributed by atoms with E-state index in [-0.39, 0.29) is 11.8 Å². The lowest BCUT2D eigenvalue weighted by atomic mass is 9.64. The molecular weight excluding hydrogens is 390 g/mol. The summed E-state index contributed by atoms with van der Waals surface area (Å²) in [5.74, 6) is -0.292. The van der Waals surface area contributed by atoms with Gasteiger partial charge < -0.3 is 20.7 Å². The smallest absolute Gasteiger partial charge is 0.407 e. The molecule has 2 aromatic carbocycles. The van der Waals surface area contributed by atoms with Gasteiger partial charge in [0, 0.05) is 19.6 Å². The van der Waals surface area contributed by atoms with E-state index in [0.29, 0.717) is 13.1 Å². The van der Waals surface area contributed by atoms with Gasteiger partial charge in [-0.3, -0.25) is 4.79 Å². The highest BCUT2D eigenvalue weighted by molar-refractivity contribution is 5.91. The van der Waals surface area contributed by atoms with Gasteiger partial charge in [0.1, 0.15) is 11.0 Å². The molecular formula is C25H33N3O3. The fourth-order valence-corrected chi connectivity index (χ4v) is 4.55. The molecule has 166 valence electrons. The summed E-state index contributed by atoms with van der Waals surface area (Å²) in [5, 5.41) is 2.81. The lowest BCUT2D eigenvalue weighted by molar-refractivity contribution is -0.123. The van der Waals surface area contributed by atoms with Gasteiger partial charge in [0.25, 0.3) is 0 Å². The molecule has 6 heteroatoms. The summed E-state index contributed by atoms with van der Waals surface area (Å²) in [4.78, 5) is 27.3. The fourth-order valence-electron chi connectivity index (χ4n) is 4.55. The summed E-state index contributed by atoms with van der Waals surface area (Å²) in [6.07, 6.45) is 0.433. The normalized spacial score (nSPS) is 17.3. The summed E-state index contributed by atoms with van der Waals surface area (Å²) in [5.41, 5.74) is 6.56. The van der Waals surface area contributed by atoms with Crippen molar-refractivity contribution in [2.45, 2.75) is 38.2 Å². The number of benzene rings is 2. The molecule has 3 N–H and O–H groups in total. The van der Waals surface area contributed by atoms with Crippen LogP contribution in [0.5, 0.6) is 0 Å². The zero-order valence-electron chi connectivity index (χ0n) is 18.6.